The molecule has 0 aromatic heterocycles. The van der Waals surface area contributed by atoms with Gasteiger partial charge in [-0.05, 0) is 30.0 Å². The number of unbranched alkanes of at least 4 members (excludes halogenated alkanes) is 3. The van der Waals surface area contributed by atoms with Crippen molar-refractivity contribution in [2.45, 2.75) is 37.5 Å². The van der Waals surface area contributed by atoms with Gasteiger partial charge in [0.2, 0.25) is 0 Å². The number of rotatable bonds is 10. The Morgan fingerprint density at radius 2 is 1.86 bits per heavy atom. The minimum Gasteiger partial charge on any atom is -0.462 e. The quantitative estimate of drug-likeness (QED) is 0.184. The molecule has 2 amide bonds. The molecule has 152 valence electrons. The standard InChI is InChI=1S/C23H25NO4S/c1-3-5-6-7-13-24-22(26)17-10-8-9-16-19(29-15-14-28-20(25)4-2)12-11-18(21(16)17)23(24)27/h4,8-12H,2-3,5-7,13-15H2,1H3. The Kier molecular flexibility index (Phi) is 7.09. The first-order valence-electron chi connectivity index (χ1n) is 9.92. The molecule has 5 nitrogen and oxygen atoms in total. The van der Waals surface area contributed by atoms with Crippen LogP contribution < -0.4 is 0 Å². The van der Waals surface area contributed by atoms with Crippen molar-refractivity contribution in [1.29, 1.82) is 0 Å². The van der Waals surface area contributed by atoms with Crippen LogP contribution in [0.25, 0.3) is 10.8 Å². The summed E-state index contributed by atoms with van der Waals surface area (Å²) in [7, 11) is 0. The third kappa shape index (κ3) is 4.53. The zero-order chi connectivity index (χ0) is 20.8. The van der Waals surface area contributed by atoms with Crippen LogP contribution in [-0.2, 0) is 9.53 Å². The van der Waals surface area contributed by atoms with Crippen LogP contribution in [0.1, 0.15) is 53.3 Å². The number of hydrogen-bond acceptors (Lipinski definition) is 5. The number of ether oxygens (including phenoxy) is 1. The Morgan fingerprint density at radius 3 is 2.59 bits per heavy atom. The van der Waals surface area contributed by atoms with Crippen molar-refractivity contribution in [1.82, 2.24) is 4.90 Å². The third-order valence-electron chi connectivity index (χ3n) is 4.94. The topological polar surface area (TPSA) is 63.7 Å². The lowest BCUT2D eigenvalue weighted by Crippen LogP contribution is -2.40. The van der Waals surface area contributed by atoms with E-state index in [4.69, 9.17) is 4.74 Å². The Bertz CT molecular complexity index is 931. The molecule has 0 aliphatic carbocycles. The minimum absolute atomic E-state index is 0.216. The zero-order valence-corrected chi connectivity index (χ0v) is 17.4. The van der Waals surface area contributed by atoms with E-state index in [0.717, 1.165) is 47.4 Å². The molecule has 29 heavy (non-hydrogen) atoms. The molecule has 2 aromatic carbocycles. The van der Waals surface area contributed by atoms with Crippen LogP contribution in [0.4, 0.5) is 0 Å². The monoisotopic (exact) mass is 411 g/mol. The van der Waals surface area contributed by atoms with Gasteiger partial charge >= 0.3 is 5.97 Å². The van der Waals surface area contributed by atoms with Crippen LogP contribution >= 0.6 is 11.8 Å². The molecule has 2 aromatic rings. The molecule has 0 atom stereocenters. The van der Waals surface area contributed by atoms with E-state index in [1.54, 1.807) is 12.1 Å². The number of carbonyl (C=O) groups is 3. The maximum Gasteiger partial charge on any atom is 0.330 e. The van der Waals surface area contributed by atoms with Crippen molar-refractivity contribution in [2.75, 3.05) is 18.9 Å². The third-order valence-corrected chi connectivity index (χ3v) is 5.98. The Morgan fingerprint density at radius 1 is 1.10 bits per heavy atom. The van der Waals surface area contributed by atoms with Crippen molar-refractivity contribution in [3.8, 4) is 0 Å². The molecule has 0 radical (unpaired) electrons. The Labute approximate surface area is 175 Å². The van der Waals surface area contributed by atoms with Gasteiger partial charge < -0.3 is 4.74 Å². The normalized spacial score (nSPS) is 13.1. The molecule has 1 heterocycles. The summed E-state index contributed by atoms with van der Waals surface area (Å²) in [6, 6.07) is 9.28. The molecule has 0 spiro atoms. The number of carbonyl (C=O) groups excluding carboxylic acids is 3. The maximum atomic E-state index is 13.0. The van der Waals surface area contributed by atoms with E-state index in [-0.39, 0.29) is 18.4 Å². The lowest BCUT2D eigenvalue weighted by Gasteiger charge is -2.27. The number of nitrogens with zero attached hydrogens (tertiary/aromatic N) is 1. The second-order valence-corrected chi connectivity index (χ2v) is 8.02. The fraction of sp³-hybridized carbons (Fsp3) is 0.348. The first-order chi connectivity index (χ1) is 14.1. The fourth-order valence-electron chi connectivity index (χ4n) is 3.50. The van der Waals surface area contributed by atoms with E-state index >= 15 is 0 Å². The SMILES string of the molecule is C=CC(=O)OCCSc1ccc2c3c(cccc13)C(=O)N(CCCCCC)C2=O. The molecule has 0 N–H and O–H groups in total. The summed E-state index contributed by atoms with van der Waals surface area (Å²) in [5, 5.41) is 1.60. The summed E-state index contributed by atoms with van der Waals surface area (Å²) in [5.74, 6) is -0.306. The largest absolute Gasteiger partial charge is 0.462 e. The minimum atomic E-state index is -0.447. The first-order valence-corrected chi connectivity index (χ1v) is 10.9. The van der Waals surface area contributed by atoms with Gasteiger partial charge in [0.05, 0.1) is 0 Å². The van der Waals surface area contributed by atoms with Crippen molar-refractivity contribution >= 4 is 40.3 Å². The zero-order valence-electron chi connectivity index (χ0n) is 16.6. The lowest BCUT2D eigenvalue weighted by atomic mass is 9.94. The van der Waals surface area contributed by atoms with Crippen LogP contribution in [0.2, 0.25) is 0 Å². The molecule has 3 rings (SSSR count). The highest BCUT2D eigenvalue weighted by molar-refractivity contribution is 7.99. The smallest absolute Gasteiger partial charge is 0.330 e. The maximum absolute atomic E-state index is 13.0. The van der Waals surface area contributed by atoms with E-state index in [1.807, 2.05) is 18.2 Å². The summed E-state index contributed by atoms with van der Waals surface area (Å²) in [4.78, 5) is 39.5. The molecule has 0 saturated heterocycles. The van der Waals surface area contributed by atoms with Crippen molar-refractivity contribution in [3.05, 3.63) is 54.1 Å². The molecule has 1 aliphatic heterocycles. The van der Waals surface area contributed by atoms with E-state index in [1.165, 1.54) is 16.7 Å². The van der Waals surface area contributed by atoms with Gasteiger partial charge in [-0.1, -0.05) is 44.9 Å². The van der Waals surface area contributed by atoms with Gasteiger partial charge in [-0.3, -0.25) is 14.5 Å². The number of thioether (sulfide) groups is 1. The highest BCUT2D eigenvalue weighted by Gasteiger charge is 2.32. The van der Waals surface area contributed by atoms with E-state index < -0.39 is 5.97 Å². The van der Waals surface area contributed by atoms with Gasteiger partial charge in [0.1, 0.15) is 6.61 Å². The summed E-state index contributed by atoms with van der Waals surface area (Å²) in [6.07, 6.45) is 5.19. The number of amides is 2. The molecular weight excluding hydrogens is 386 g/mol. The van der Waals surface area contributed by atoms with Crippen LogP contribution in [0.3, 0.4) is 0 Å². The van der Waals surface area contributed by atoms with Gasteiger partial charge in [0.25, 0.3) is 11.8 Å². The molecule has 1 aliphatic rings. The average Bonchev–Trinajstić information content (AvgIpc) is 2.74. The fourth-order valence-corrected chi connectivity index (χ4v) is 4.37. The number of hydrogen-bond donors (Lipinski definition) is 0. The van der Waals surface area contributed by atoms with Gasteiger partial charge in [-0.25, -0.2) is 4.79 Å². The van der Waals surface area contributed by atoms with Gasteiger partial charge in [-0.15, -0.1) is 11.8 Å². The van der Waals surface area contributed by atoms with E-state index in [2.05, 4.69) is 13.5 Å². The van der Waals surface area contributed by atoms with Crippen molar-refractivity contribution in [3.63, 3.8) is 0 Å². The van der Waals surface area contributed by atoms with Crippen LogP contribution in [-0.4, -0.2) is 41.6 Å². The second-order valence-electron chi connectivity index (χ2n) is 6.88. The summed E-state index contributed by atoms with van der Waals surface area (Å²) < 4.78 is 5.02. The Hall–Kier alpha value is -2.60. The predicted molar refractivity (Wildman–Crippen MR) is 115 cm³/mol. The molecular formula is C23H25NO4S. The predicted octanol–water partition coefficient (Wildman–Crippen LogP) is 4.84. The first kappa shape index (κ1) is 21.1. The second kappa shape index (κ2) is 9.74. The highest BCUT2D eigenvalue weighted by atomic mass is 32.2. The molecule has 6 heteroatoms. The number of imide groups is 1. The molecule has 0 bridgehead atoms. The molecule has 0 saturated carbocycles. The average molecular weight is 412 g/mol. The number of esters is 1. The van der Waals surface area contributed by atoms with E-state index in [0.29, 0.717) is 23.4 Å². The van der Waals surface area contributed by atoms with Crippen LogP contribution in [0.15, 0.2) is 47.9 Å². The summed E-state index contributed by atoms with van der Waals surface area (Å²) in [5.41, 5.74) is 1.15. The highest BCUT2D eigenvalue weighted by Crippen LogP contribution is 2.36. The number of benzene rings is 2. The summed E-state index contributed by atoms with van der Waals surface area (Å²) in [6.45, 7) is 6.23. The van der Waals surface area contributed by atoms with Crippen molar-refractivity contribution < 1.29 is 19.1 Å². The van der Waals surface area contributed by atoms with Gasteiger partial charge in [0.15, 0.2) is 0 Å². The Balaban J connectivity index is 1.82. The van der Waals surface area contributed by atoms with Crippen LogP contribution in [0, 0.1) is 0 Å². The van der Waals surface area contributed by atoms with Crippen LogP contribution in [0.5, 0.6) is 0 Å². The lowest BCUT2D eigenvalue weighted by molar-refractivity contribution is -0.137. The van der Waals surface area contributed by atoms with Gasteiger partial charge in [0, 0.05) is 39.8 Å². The molecule has 0 fully saturated rings. The van der Waals surface area contributed by atoms with Crippen molar-refractivity contribution in [2.24, 2.45) is 0 Å². The molecule has 0 unspecified atom stereocenters. The van der Waals surface area contributed by atoms with E-state index in [9.17, 15) is 14.4 Å². The van der Waals surface area contributed by atoms with Gasteiger partial charge in [-0.2, -0.15) is 0 Å². The summed E-state index contributed by atoms with van der Waals surface area (Å²) >= 11 is 1.53.